The van der Waals surface area contributed by atoms with Gasteiger partial charge in [0.2, 0.25) is 0 Å². The molecule has 4 heteroatoms. The maximum atomic E-state index is 6.30. The summed E-state index contributed by atoms with van der Waals surface area (Å²) in [5, 5.41) is 0.241. The van der Waals surface area contributed by atoms with E-state index < -0.39 is 8.32 Å². The largest absolute Gasteiger partial charge is 0.414 e. The summed E-state index contributed by atoms with van der Waals surface area (Å²) in [7, 11) is -1.70. The average Bonchev–Trinajstić information content (AvgIpc) is 2.51. The molecule has 3 nitrogen and oxygen atoms in total. The molecule has 0 radical (unpaired) electrons. The molecule has 2 unspecified atom stereocenters. The van der Waals surface area contributed by atoms with Gasteiger partial charge in [-0.25, -0.2) is 0 Å². The van der Waals surface area contributed by atoms with Crippen LogP contribution < -0.4 is 0 Å². The van der Waals surface area contributed by atoms with Crippen LogP contribution in [0.5, 0.6) is 0 Å². The second-order valence-electron chi connectivity index (χ2n) is 7.99. The van der Waals surface area contributed by atoms with Crippen LogP contribution in [0.2, 0.25) is 18.1 Å². The van der Waals surface area contributed by atoms with Crippen molar-refractivity contribution < 1.29 is 13.9 Å². The zero-order valence-corrected chi connectivity index (χ0v) is 16.3. The SMILES string of the molecule is CC(C)(C)[Si](C)(C)OCC1CCCC(OCc2ccccc2)O1. The zero-order chi connectivity index (χ0) is 16.9. The first kappa shape index (κ1) is 18.7. The maximum absolute atomic E-state index is 6.30. The van der Waals surface area contributed by atoms with Gasteiger partial charge in [-0.1, -0.05) is 51.1 Å². The van der Waals surface area contributed by atoms with E-state index in [0.29, 0.717) is 13.2 Å². The van der Waals surface area contributed by atoms with Crippen LogP contribution in [0.3, 0.4) is 0 Å². The van der Waals surface area contributed by atoms with Crippen molar-refractivity contribution in [3.8, 4) is 0 Å². The molecular weight excluding hydrogens is 304 g/mol. The molecule has 2 rings (SSSR count). The molecule has 2 atom stereocenters. The molecule has 0 saturated carbocycles. The molecule has 0 aliphatic carbocycles. The van der Waals surface area contributed by atoms with Crippen LogP contribution in [0.25, 0.3) is 0 Å². The Balaban J connectivity index is 1.77. The van der Waals surface area contributed by atoms with E-state index in [9.17, 15) is 0 Å². The van der Waals surface area contributed by atoms with E-state index in [1.165, 1.54) is 5.56 Å². The average molecular weight is 337 g/mol. The number of hydrogen-bond donors (Lipinski definition) is 0. The summed E-state index contributed by atoms with van der Waals surface area (Å²) in [5.41, 5.74) is 1.19. The van der Waals surface area contributed by atoms with Gasteiger partial charge in [-0.2, -0.15) is 0 Å². The lowest BCUT2D eigenvalue weighted by molar-refractivity contribution is -0.205. The van der Waals surface area contributed by atoms with Crippen molar-refractivity contribution in [1.82, 2.24) is 0 Å². The third-order valence-corrected chi connectivity index (χ3v) is 9.53. The Morgan fingerprint density at radius 1 is 1.13 bits per heavy atom. The number of ether oxygens (including phenoxy) is 2. The van der Waals surface area contributed by atoms with E-state index in [1.807, 2.05) is 18.2 Å². The Labute approximate surface area is 142 Å². The molecular formula is C19H32O3Si. The fourth-order valence-corrected chi connectivity index (χ4v) is 3.42. The number of benzene rings is 1. The van der Waals surface area contributed by atoms with Crippen LogP contribution in [0.4, 0.5) is 0 Å². The Kier molecular flexibility index (Phi) is 6.43. The fourth-order valence-electron chi connectivity index (χ4n) is 2.39. The Morgan fingerprint density at radius 2 is 1.83 bits per heavy atom. The third-order valence-electron chi connectivity index (χ3n) is 5.03. The van der Waals surface area contributed by atoms with E-state index >= 15 is 0 Å². The molecule has 1 aromatic rings. The van der Waals surface area contributed by atoms with E-state index in [0.717, 1.165) is 19.3 Å². The molecule has 0 spiro atoms. The molecule has 0 amide bonds. The molecule has 23 heavy (non-hydrogen) atoms. The van der Waals surface area contributed by atoms with Crippen LogP contribution in [-0.4, -0.2) is 27.3 Å². The Morgan fingerprint density at radius 3 is 2.48 bits per heavy atom. The van der Waals surface area contributed by atoms with Gasteiger partial charge in [0.1, 0.15) is 0 Å². The molecule has 1 heterocycles. The highest BCUT2D eigenvalue weighted by Crippen LogP contribution is 2.37. The summed E-state index contributed by atoms with van der Waals surface area (Å²) in [6.45, 7) is 12.7. The predicted octanol–water partition coefficient (Wildman–Crippen LogP) is 5.12. The third kappa shape index (κ3) is 5.71. The summed E-state index contributed by atoms with van der Waals surface area (Å²) < 4.78 is 18.3. The molecule has 1 aliphatic rings. The van der Waals surface area contributed by atoms with Gasteiger partial charge in [0.05, 0.1) is 19.3 Å². The second-order valence-corrected chi connectivity index (χ2v) is 12.8. The molecule has 130 valence electrons. The normalized spacial score (nSPS) is 23.0. The maximum Gasteiger partial charge on any atom is 0.192 e. The van der Waals surface area contributed by atoms with Crippen molar-refractivity contribution in [2.24, 2.45) is 0 Å². The fraction of sp³-hybridized carbons (Fsp3) is 0.684. The minimum atomic E-state index is -1.70. The van der Waals surface area contributed by atoms with Crippen molar-refractivity contribution in [2.75, 3.05) is 6.61 Å². The van der Waals surface area contributed by atoms with Crippen molar-refractivity contribution in [1.29, 1.82) is 0 Å². The van der Waals surface area contributed by atoms with E-state index in [-0.39, 0.29) is 17.4 Å². The molecule has 1 aromatic carbocycles. The summed E-state index contributed by atoms with van der Waals surface area (Å²) in [6, 6.07) is 10.3. The highest BCUT2D eigenvalue weighted by molar-refractivity contribution is 6.74. The van der Waals surface area contributed by atoms with Gasteiger partial charge in [0, 0.05) is 0 Å². The zero-order valence-electron chi connectivity index (χ0n) is 15.3. The van der Waals surface area contributed by atoms with Gasteiger partial charge >= 0.3 is 0 Å². The van der Waals surface area contributed by atoms with Crippen LogP contribution in [0.1, 0.15) is 45.6 Å². The van der Waals surface area contributed by atoms with Crippen LogP contribution in [0, 0.1) is 0 Å². The van der Waals surface area contributed by atoms with Gasteiger partial charge in [-0.3, -0.25) is 0 Å². The molecule has 1 fully saturated rings. The van der Waals surface area contributed by atoms with Gasteiger partial charge in [-0.05, 0) is 43.0 Å². The van der Waals surface area contributed by atoms with Gasteiger partial charge < -0.3 is 13.9 Å². The summed E-state index contributed by atoms with van der Waals surface area (Å²) in [4.78, 5) is 0. The first-order valence-electron chi connectivity index (χ1n) is 8.73. The monoisotopic (exact) mass is 336 g/mol. The van der Waals surface area contributed by atoms with Gasteiger partial charge in [-0.15, -0.1) is 0 Å². The lowest BCUT2D eigenvalue weighted by atomic mass is 10.1. The van der Waals surface area contributed by atoms with E-state index in [4.69, 9.17) is 13.9 Å². The highest BCUT2D eigenvalue weighted by atomic mass is 28.4. The first-order valence-corrected chi connectivity index (χ1v) is 11.6. The summed E-state index contributed by atoms with van der Waals surface area (Å²) >= 11 is 0. The van der Waals surface area contributed by atoms with E-state index in [1.54, 1.807) is 0 Å². The van der Waals surface area contributed by atoms with Gasteiger partial charge in [0.15, 0.2) is 14.6 Å². The van der Waals surface area contributed by atoms with Crippen molar-refractivity contribution >= 4 is 8.32 Å². The smallest absolute Gasteiger partial charge is 0.192 e. The predicted molar refractivity (Wildman–Crippen MR) is 96.9 cm³/mol. The standard InChI is InChI=1S/C19H32O3Si/c1-19(2,3)23(4,5)21-15-17-12-9-13-18(22-17)20-14-16-10-7-6-8-11-16/h6-8,10-11,17-18H,9,12-15H2,1-5H3. The van der Waals surface area contributed by atoms with E-state index in [2.05, 4.69) is 46.0 Å². The molecule has 0 aromatic heterocycles. The molecule has 0 bridgehead atoms. The summed E-state index contributed by atoms with van der Waals surface area (Å²) in [5.74, 6) is 0. The minimum Gasteiger partial charge on any atom is -0.414 e. The topological polar surface area (TPSA) is 27.7 Å². The quantitative estimate of drug-likeness (QED) is 0.675. The van der Waals surface area contributed by atoms with Crippen molar-refractivity contribution in [2.45, 2.75) is 77.2 Å². The summed E-state index contributed by atoms with van der Waals surface area (Å²) in [6.07, 6.45) is 3.25. The minimum absolute atomic E-state index is 0.100. The number of hydrogen-bond acceptors (Lipinski definition) is 3. The van der Waals surface area contributed by atoms with Crippen molar-refractivity contribution in [3.05, 3.63) is 35.9 Å². The second kappa shape index (κ2) is 7.93. The Hall–Kier alpha value is -0.683. The van der Waals surface area contributed by atoms with Gasteiger partial charge in [0.25, 0.3) is 0 Å². The molecule has 1 aliphatic heterocycles. The number of rotatable bonds is 6. The molecule has 1 saturated heterocycles. The van der Waals surface area contributed by atoms with Crippen LogP contribution >= 0.6 is 0 Å². The Bertz CT molecular complexity index is 467. The van der Waals surface area contributed by atoms with Crippen molar-refractivity contribution in [3.63, 3.8) is 0 Å². The first-order chi connectivity index (χ1) is 10.8. The molecule has 0 N–H and O–H groups in total. The lowest BCUT2D eigenvalue weighted by Crippen LogP contribution is -2.44. The van der Waals surface area contributed by atoms with Crippen LogP contribution in [-0.2, 0) is 20.5 Å². The highest BCUT2D eigenvalue weighted by Gasteiger charge is 2.38. The lowest BCUT2D eigenvalue weighted by Gasteiger charge is -2.38. The van der Waals surface area contributed by atoms with Crippen LogP contribution in [0.15, 0.2) is 30.3 Å².